The van der Waals surface area contributed by atoms with E-state index in [2.05, 4.69) is 20.6 Å². The number of urea groups is 1. The van der Waals surface area contributed by atoms with Crippen LogP contribution >= 0.6 is 0 Å². The van der Waals surface area contributed by atoms with Crippen LogP contribution in [-0.4, -0.2) is 63.0 Å². The minimum atomic E-state index is -4.63. The highest BCUT2D eigenvalue weighted by atomic mass is 19.4. The molecule has 134 valence electrons. The summed E-state index contributed by atoms with van der Waals surface area (Å²) in [5, 5.41) is 13.8. The standard InChI is InChI=1S/C14H16F3N7O/c1-7-8(2)11(21-24-10(7)19-20-12(24)14(15,16)17)22-5-9(6-22)23-4-3-18-13(23)25/h9H,3-6H2,1-2H3,(H,18,25). The van der Waals surface area contributed by atoms with E-state index in [1.807, 2.05) is 4.90 Å². The molecule has 0 spiro atoms. The number of hydrogen-bond donors (Lipinski definition) is 1. The Kier molecular flexibility index (Phi) is 3.31. The third-order valence-corrected chi connectivity index (χ3v) is 4.81. The molecule has 8 nitrogen and oxygen atoms in total. The molecule has 2 aromatic rings. The SMILES string of the molecule is Cc1c(N2CC(N3CCNC3=O)C2)nn2c(C(F)(F)F)nnc2c1C. The maximum Gasteiger partial charge on any atom is 0.453 e. The average Bonchev–Trinajstić information content (AvgIpc) is 3.09. The van der Waals surface area contributed by atoms with Gasteiger partial charge in [0.1, 0.15) is 0 Å². The van der Waals surface area contributed by atoms with Crippen molar-refractivity contribution in [1.82, 2.24) is 30.0 Å². The van der Waals surface area contributed by atoms with Gasteiger partial charge in [0.2, 0.25) is 0 Å². The van der Waals surface area contributed by atoms with Crippen LogP contribution < -0.4 is 10.2 Å². The van der Waals surface area contributed by atoms with Crippen LogP contribution in [-0.2, 0) is 6.18 Å². The van der Waals surface area contributed by atoms with Gasteiger partial charge in [0.25, 0.3) is 5.82 Å². The Balaban J connectivity index is 1.66. The molecule has 2 aromatic heterocycles. The van der Waals surface area contributed by atoms with Gasteiger partial charge in [-0.05, 0) is 13.8 Å². The Morgan fingerprint density at radius 3 is 2.48 bits per heavy atom. The molecule has 2 saturated heterocycles. The van der Waals surface area contributed by atoms with Crippen LogP contribution in [0.5, 0.6) is 0 Å². The lowest BCUT2D eigenvalue weighted by atomic mass is 10.1. The summed E-state index contributed by atoms with van der Waals surface area (Å²) in [5.74, 6) is -0.672. The highest BCUT2D eigenvalue weighted by Crippen LogP contribution is 2.32. The molecule has 2 fully saturated rings. The number of aryl methyl sites for hydroxylation is 1. The second-order valence-electron chi connectivity index (χ2n) is 6.31. The second kappa shape index (κ2) is 5.20. The Bertz CT molecular complexity index is 856. The highest BCUT2D eigenvalue weighted by molar-refractivity contribution is 5.77. The summed E-state index contributed by atoms with van der Waals surface area (Å²) >= 11 is 0. The lowest BCUT2D eigenvalue weighted by Gasteiger charge is -2.44. The third-order valence-electron chi connectivity index (χ3n) is 4.81. The zero-order chi connectivity index (χ0) is 17.9. The number of anilines is 1. The van der Waals surface area contributed by atoms with Crippen molar-refractivity contribution >= 4 is 17.5 Å². The minimum absolute atomic E-state index is 0.0442. The van der Waals surface area contributed by atoms with E-state index in [1.54, 1.807) is 18.7 Å². The van der Waals surface area contributed by atoms with Crippen molar-refractivity contribution in [2.75, 3.05) is 31.1 Å². The van der Waals surface area contributed by atoms with Gasteiger partial charge in [-0.1, -0.05) is 0 Å². The molecule has 0 aliphatic carbocycles. The van der Waals surface area contributed by atoms with Crippen molar-refractivity contribution < 1.29 is 18.0 Å². The first-order valence-electron chi connectivity index (χ1n) is 7.86. The smallest absolute Gasteiger partial charge is 0.351 e. The molecule has 11 heteroatoms. The molecule has 0 aromatic carbocycles. The number of carbonyl (C=O) groups is 1. The molecule has 2 aliphatic rings. The van der Waals surface area contributed by atoms with Crippen molar-refractivity contribution in [3.63, 3.8) is 0 Å². The van der Waals surface area contributed by atoms with Gasteiger partial charge in [-0.3, -0.25) is 0 Å². The van der Waals surface area contributed by atoms with E-state index in [-0.39, 0.29) is 17.7 Å². The zero-order valence-corrected chi connectivity index (χ0v) is 13.6. The highest BCUT2D eigenvalue weighted by Gasteiger charge is 2.40. The number of hydrogen-bond acceptors (Lipinski definition) is 5. The van der Waals surface area contributed by atoms with Gasteiger partial charge in [-0.15, -0.1) is 15.3 Å². The van der Waals surface area contributed by atoms with Crippen LogP contribution in [0.3, 0.4) is 0 Å². The molecule has 1 N–H and O–H groups in total. The van der Waals surface area contributed by atoms with Gasteiger partial charge in [-0.2, -0.15) is 17.7 Å². The first-order chi connectivity index (χ1) is 11.8. The summed E-state index contributed by atoms with van der Waals surface area (Å²) in [7, 11) is 0. The van der Waals surface area contributed by atoms with Crippen molar-refractivity contribution in [1.29, 1.82) is 0 Å². The number of amides is 2. The van der Waals surface area contributed by atoms with E-state index in [9.17, 15) is 18.0 Å². The number of alkyl halides is 3. The third kappa shape index (κ3) is 2.36. The van der Waals surface area contributed by atoms with Crippen LogP contribution in [0.1, 0.15) is 17.0 Å². The molecule has 2 aliphatic heterocycles. The summed E-state index contributed by atoms with van der Waals surface area (Å²) < 4.78 is 40.0. The Hall–Kier alpha value is -2.59. The fraction of sp³-hybridized carbons (Fsp3) is 0.571. The number of aromatic nitrogens is 4. The van der Waals surface area contributed by atoms with Crippen molar-refractivity contribution in [2.45, 2.75) is 26.1 Å². The van der Waals surface area contributed by atoms with Gasteiger partial charge >= 0.3 is 12.2 Å². The van der Waals surface area contributed by atoms with Crippen molar-refractivity contribution in [3.05, 3.63) is 17.0 Å². The van der Waals surface area contributed by atoms with E-state index in [0.717, 1.165) is 10.1 Å². The summed E-state index contributed by atoms with van der Waals surface area (Å²) in [6, 6.07) is -0.0539. The van der Waals surface area contributed by atoms with E-state index >= 15 is 0 Å². The van der Waals surface area contributed by atoms with Crippen LogP contribution in [0, 0.1) is 13.8 Å². The van der Waals surface area contributed by atoms with E-state index < -0.39 is 12.0 Å². The molecule has 0 saturated carbocycles. The van der Waals surface area contributed by atoms with Crippen LogP contribution in [0.15, 0.2) is 0 Å². The number of halogens is 3. The van der Waals surface area contributed by atoms with Crippen LogP contribution in [0.25, 0.3) is 5.65 Å². The molecule has 4 heterocycles. The molecule has 0 radical (unpaired) electrons. The predicted molar refractivity (Wildman–Crippen MR) is 81.4 cm³/mol. The fourth-order valence-electron chi connectivity index (χ4n) is 3.25. The molecule has 25 heavy (non-hydrogen) atoms. The molecular weight excluding hydrogens is 339 g/mol. The van der Waals surface area contributed by atoms with Crippen LogP contribution in [0.2, 0.25) is 0 Å². The van der Waals surface area contributed by atoms with Gasteiger partial charge in [0.05, 0.1) is 6.04 Å². The molecule has 4 rings (SSSR count). The normalized spacial score (nSPS) is 18.8. The largest absolute Gasteiger partial charge is 0.453 e. The molecule has 0 bridgehead atoms. The van der Waals surface area contributed by atoms with E-state index in [4.69, 9.17) is 0 Å². The number of nitrogens with zero attached hydrogens (tertiary/aromatic N) is 6. The number of fused-ring (bicyclic) bond motifs is 1. The molecular formula is C14H16F3N7O. The predicted octanol–water partition coefficient (Wildman–Crippen LogP) is 0.974. The van der Waals surface area contributed by atoms with Crippen molar-refractivity contribution in [2.24, 2.45) is 0 Å². The Morgan fingerprint density at radius 2 is 1.88 bits per heavy atom. The first-order valence-corrected chi connectivity index (χ1v) is 7.86. The Morgan fingerprint density at radius 1 is 1.16 bits per heavy atom. The average molecular weight is 355 g/mol. The summed E-state index contributed by atoms with van der Waals surface area (Å²) in [5.41, 5.74) is 1.47. The minimum Gasteiger partial charge on any atom is -0.351 e. The monoisotopic (exact) mass is 355 g/mol. The maximum absolute atomic E-state index is 13.1. The van der Waals surface area contributed by atoms with Gasteiger partial charge in [0, 0.05) is 37.3 Å². The van der Waals surface area contributed by atoms with Gasteiger partial charge in [-0.25, -0.2) is 4.79 Å². The lowest BCUT2D eigenvalue weighted by Crippen LogP contribution is -2.60. The summed E-state index contributed by atoms with van der Waals surface area (Å²) in [6.07, 6.45) is -4.63. The topological polar surface area (TPSA) is 78.7 Å². The van der Waals surface area contributed by atoms with Gasteiger partial charge in [0.15, 0.2) is 11.5 Å². The van der Waals surface area contributed by atoms with Crippen molar-refractivity contribution in [3.8, 4) is 0 Å². The summed E-state index contributed by atoms with van der Waals surface area (Å²) in [6.45, 7) is 5.84. The maximum atomic E-state index is 13.1. The van der Waals surface area contributed by atoms with E-state index in [0.29, 0.717) is 37.6 Å². The zero-order valence-electron chi connectivity index (χ0n) is 13.6. The number of carbonyl (C=O) groups excluding carboxylic acids is 1. The Labute approximate surface area is 140 Å². The summed E-state index contributed by atoms with van der Waals surface area (Å²) in [4.78, 5) is 15.3. The van der Waals surface area contributed by atoms with E-state index in [1.165, 1.54) is 0 Å². The first kappa shape index (κ1) is 15.9. The molecule has 0 atom stereocenters. The van der Waals surface area contributed by atoms with Gasteiger partial charge < -0.3 is 15.1 Å². The molecule has 2 amide bonds. The van der Waals surface area contributed by atoms with Crippen LogP contribution in [0.4, 0.5) is 23.8 Å². The number of nitrogens with one attached hydrogen (secondary N) is 1. The quantitative estimate of drug-likeness (QED) is 0.869. The molecule has 0 unspecified atom stereocenters. The second-order valence-corrected chi connectivity index (χ2v) is 6.31. The fourth-order valence-corrected chi connectivity index (χ4v) is 3.25. The number of rotatable bonds is 2. The lowest BCUT2D eigenvalue weighted by molar-refractivity contribution is -0.146.